The highest BCUT2D eigenvalue weighted by Gasteiger charge is 2.24. The van der Waals surface area contributed by atoms with Crippen LogP contribution in [0.5, 0.6) is 0 Å². The zero-order valence-corrected chi connectivity index (χ0v) is 13.1. The van der Waals surface area contributed by atoms with Crippen LogP contribution in [0.15, 0.2) is 24.3 Å². The van der Waals surface area contributed by atoms with Gasteiger partial charge in [-0.3, -0.25) is 4.90 Å². The quantitative estimate of drug-likeness (QED) is 0.892. The van der Waals surface area contributed by atoms with Crippen LogP contribution < -0.4 is 15.5 Å². The van der Waals surface area contributed by atoms with Crippen molar-refractivity contribution in [2.24, 2.45) is 0 Å². The third-order valence-electron chi connectivity index (χ3n) is 4.08. The Morgan fingerprint density at radius 3 is 2.70 bits per heavy atom. The molecule has 0 spiro atoms. The molecule has 0 aliphatic carbocycles. The SMILES string of the molecule is CC(NC(=O)Nc1ccc(N2CCOC2=O)cc1)C1CCCO1. The molecule has 124 valence electrons. The smallest absolute Gasteiger partial charge is 0.414 e. The fourth-order valence-electron chi connectivity index (χ4n) is 2.82. The monoisotopic (exact) mass is 319 g/mol. The number of rotatable bonds is 4. The van der Waals surface area contributed by atoms with Gasteiger partial charge in [-0.2, -0.15) is 0 Å². The average molecular weight is 319 g/mol. The number of hydrogen-bond acceptors (Lipinski definition) is 4. The van der Waals surface area contributed by atoms with Crippen molar-refractivity contribution in [3.63, 3.8) is 0 Å². The maximum atomic E-state index is 12.0. The van der Waals surface area contributed by atoms with E-state index in [2.05, 4.69) is 10.6 Å². The summed E-state index contributed by atoms with van der Waals surface area (Å²) in [7, 11) is 0. The number of benzene rings is 1. The molecule has 2 unspecified atom stereocenters. The standard InChI is InChI=1S/C16H21N3O4/c1-11(14-3-2-9-22-14)17-15(20)18-12-4-6-13(7-5-12)19-8-10-23-16(19)21/h4-7,11,14H,2-3,8-10H2,1H3,(H2,17,18,20). The molecule has 2 aliphatic rings. The van der Waals surface area contributed by atoms with Crippen LogP contribution in [0.4, 0.5) is 21.0 Å². The molecule has 2 N–H and O–H groups in total. The molecule has 2 atom stereocenters. The van der Waals surface area contributed by atoms with Crippen molar-refractivity contribution in [1.82, 2.24) is 5.32 Å². The zero-order valence-electron chi connectivity index (χ0n) is 13.1. The van der Waals surface area contributed by atoms with Crippen molar-refractivity contribution in [3.8, 4) is 0 Å². The third kappa shape index (κ3) is 3.73. The molecule has 23 heavy (non-hydrogen) atoms. The highest BCUT2D eigenvalue weighted by Crippen LogP contribution is 2.21. The first-order valence-corrected chi connectivity index (χ1v) is 7.87. The van der Waals surface area contributed by atoms with Gasteiger partial charge < -0.3 is 20.1 Å². The van der Waals surface area contributed by atoms with Crippen molar-refractivity contribution in [2.75, 3.05) is 30.0 Å². The highest BCUT2D eigenvalue weighted by molar-refractivity contribution is 5.91. The Balaban J connectivity index is 1.53. The Hall–Kier alpha value is -2.28. The molecule has 0 saturated carbocycles. The molecule has 2 heterocycles. The third-order valence-corrected chi connectivity index (χ3v) is 4.08. The largest absolute Gasteiger partial charge is 0.447 e. The number of hydrogen-bond donors (Lipinski definition) is 2. The van der Waals surface area contributed by atoms with E-state index in [9.17, 15) is 9.59 Å². The summed E-state index contributed by atoms with van der Waals surface area (Å²) in [6.45, 7) is 3.66. The number of nitrogens with one attached hydrogen (secondary N) is 2. The van der Waals surface area contributed by atoms with E-state index in [4.69, 9.17) is 9.47 Å². The van der Waals surface area contributed by atoms with E-state index in [-0.39, 0.29) is 24.3 Å². The number of urea groups is 1. The minimum atomic E-state index is -0.339. The molecule has 2 aliphatic heterocycles. The first-order valence-electron chi connectivity index (χ1n) is 7.87. The molecule has 3 rings (SSSR count). The number of amides is 3. The molecule has 1 aromatic rings. The zero-order chi connectivity index (χ0) is 16.2. The first kappa shape index (κ1) is 15.6. The number of carbonyl (C=O) groups excluding carboxylic acids is 2. The maximum Gasteiger partial charge on any atom is 0.414 e. The van der Waals surface area contributed by atoms with Gasteiger partial charge in [0.1, 0.15) is 6.61 Å². The number of ether oxygens (including phenoxy) is 2. The number of carbonyl (C=O) groups is 2. The number of anilines is 2. The van der Waals surface area contributed by atoms with Gasteiger partial charge in [-0.15, -0.1) is 0 Å². The minimum absolute atomic E-state index is 0.0313. The summed E-state index contributed by atoms with van der Waals surface area (Å²) < 4.78 is 10.5. The van der Waals surface area contributed by atoms with E-state index in [1.807, 2.05) is 6.92 Å². The van der Waals surface area contributed by atoms with Crippen LogP contribution in [0, 0.1) is 0 Å². The van der Waals surface area contributed by atoms with Gasteiger partial charge in [0.25, 0.3) is 0 Å². The van der Waals surface area contributed by atoms with Crippen LogP contribution in [0.1, 0.15) is 19.8 Å². The number of nitrogens with zero attached hydrogens (tertiary/aromatic N) is 1. The van der Waals surface area contributed by atoms with Crippen molar-refractivity contribution in [1.29, 1.82) is 0 Å². The molecule has 2 fully saturated rings. The summed E-state index contributed by atoms with van der Waals surface area (Å²) in [4.78, 5) is 25.1. The molecule has 0 radical (unpaired) electrons. The lowest BCUT2D eigenvalue weighted by Gasteiger charge is -2.20. The summed E-state index contributed by atoms with van der Waals surface area (Å²) in [6, 6.07) is 6.80. The summed E-state index contributed by atoms with van der Waals surface area (Å²) in [5.74, 6) is 0. The van der Waals surface area contributed by atoms with Crippen LogP contribution in [0.25, 0.3) is 0 Å². The van der Waals surface area contributed by atoms with Gasteiger partial charge in [-0.1, -0.05) is 0 Å². The van der Waals surface area contributed by atoms with Gasteiger partial charge in [0, 0.05) is 18.0 Å². The lowest BCUT2D eigenvalue weighted by molar-refractivity contribution is 0.0868. The molecule has 7 nitrogen and oxygen atoms in total. The van der Waals surface area contributed by atoms with E-state index in [0.29, 0.717) is 18.8 Å². The second-order valence-corrected chi connectivity index (χ2v) is 5.75. The van der Waals surface area contributed by atoms with Gasteiger partial charge in [0.2, 0.25) is 0 Å². The second-order valence-electron chi connectivity index (χ2n) is 5.75. The average Bonchev–Trinajstić information content (AvgIpc) is 3.19. The highest BCUT2D eigenvalue weighted by atomic mass is 16.6. The van der Waals surface area contributed by atoms with Gasteiger partial charge in [0.15, 0.2) is 0 Å². The lowest BCUT2D eigenvalue weighted by Crippen LogP contribution is -2.42. The van der Waals surface area contributed by atoms with Gasteiger partial charge in [-0.05, 0) is 44.0 Å². The van der Waals surface area contributed by atoms with Crippen LogP contribution in [0.3, 0.4) is 0 Å². The van der Waals surface area contributed by atoms with E-state index < -0.39 is 0 Å². The van der Waals surface area contributed by atoms with Gasteiger partial charge in [0.05, 0.1) is 18.7 Å². The Morgan fingerprint density at radius 1 is 1.30 bits per heavy atom. The topological polar surface area (TPSA) is 79.9 Å². The first-order chi connectivity index (χ1) is 11.1. The van der Waals surface area contributed by atoms with Crippen LogP contribution >= 0.6 is 0 Å². The molecular formula is C16H21N3O4. The fourth-order valence-corrected chi connectivity index (χ4v) is 2.82. The summed E-state index contributed by atoms with van der Waals surface area (Å²) >= 11 is 0. The Bertz CT molecular complexity index is 569. The lowest BCUT2D eigenvalue weighted by atomic mass is 10.1. The summed E-state index contributed by atoms with van der Waals surface area (Å²) in [5.41, 5.74) is 1.42. The van der Waals surface area contributed by atoms with Crippen molar-refractivity contribution in [3.05, 3.63) is 24.3 Å². The Labute approximate surface area is 134 Å². The molecular weight excluding hydrogens is 298 g/mol. The van der Waals surface area contributed by atoms with E-state index >= 15 is 0 Å². The van der Waals surface area contributed by atoms with Crippen LogP contribution in [-0.2, 0) is 9.47 Å². The molecule has 0 aromatic heterocycles. The Kier molecular flexibility index (Phi) is 4.66. The van der Waals surface area contributed by atoms with Gasteiger partial charge in [-0.25, -0.2) is 9.59 Å². The fraction of sp³-hybridized carbons (Fsp3) is 0.500. The predicted molar refractivity (Wildman–Crippen MR) is 85.7 cm³/mol. The van der Waals surface area contributed by atoms with Crippen molar-refractivity contribution >= 4 is 23.5 Å². The van der Waals surface area contributed by atoms with Crippen molar-refractivity contribution in [2.45, 2.75) is 31.9 Å². The summed E-state index contributed by atoms with van der Waals surface area (Å²) in [6.07, 6.45) is 1.76. The number of cyclic esters (lactones) is 1. The molecule has 0 bridgehead atoms. The second kappa shape index (κ2) is 6.87. The Morgan fingerprint density at radius 2 is 2.09 bits per heavy atom. The molecule has 1 aromatic carbocycles. The van der Waals surface area contributed by atoms with E-state index in [1.165, 1.54) is 0 Å². The molecule has 2 saturated heterocycles. The maximum absolute atomic E-state index is 12.0. The van der Waals surface area contributed by atoms with Crippen molar-refractivity contribution < 1.29 is 19.1 Å². The minimum Gasteiger partial charge on any atom is -0.447 e. The molecule has 3 amide bonds. The predicted octanol–water partition coefficient (Wildman–Crippen LogP) is 2.33. The van der Waals surface area contributed by atoms with E-state index in [1.54, 1.807) is 29.2 Å². The van der Waals surface area contributed by atoms with Crippen LogP contribution in [0.2, 0.25) is 0 Å². The van der Waals surface area contributed by atoms with E-state index in [0.717, 1.165) is 25.1 Å². The van der Waals surface area contributed by atoms with Crippen LogP contribution in [-0.4, -0.2) is 44.0 Å². The summed E-state index contributed by atoms with van der Waals surface area (Å²) in [5, 5.41) is 5.67. The normalized spacial score (nSPS) is 21.9. The molecule has 7 heteroatoms. The van der Waals surface area contributed by atoms with Gasteiger partial charge >= 0.3 is 12.1 Å².